The van der Waals surface area contributed by atoms with E-state index in [1.54, 1.807) is 31.0 Å². The molecule has 1 N–H and O–H groups in total. The van der Waals surface area contributed by atoms with E-state index in [4.69, 9.17) is 4.74 Å². The number of hydrogen-bond donors (Lipinski definition) is 1. The Morgan fingerprint density at radius 1 is 1.12 bits per heavy atom. The van der Waals surface area contributed by atoms with Crippen molar-refractivity contribution < 1.29 is 9.84 Å². The van der Waals surface area contributed by atoms with Crippen molar-refractivity contribution in [2.75, 3.05) is 7.11 Å². The lowest BCUT2D eigenvalue weighted by molar-refractivity contribution is 0.414. The third kappa shape index (κ3) is 3.43. The van der Waals surface area contributed by atoms with Gasteiger partial charge in [0.2, 0.25) is 0 Å². The molecule has 0 saturated heterocycles. The number of rotatable bonds is 4. The summed E-state index contributed by atoms with van der Waals surface area (Å²) in [6, 6.07) is 15.3. The normalized spacial score (nSPS) is 10.2. The standard InChI is InChI=1S/C14H14O2S/c1-16-13-4-2-3-11(9-13)10-17-14-7-5-12(15)6-8-14/h2-9,15H,10H2,1H3. The van der Waals surface area contributed by atoms with Crippen LogP contribution in [-0.4, -0.2) is 12.2 Å². The first-order valence-electron chi connectivity index (χ1n) is 5.33. The summed E-state index contributed by atoms with van der Waals surface area (Å²) >= 11 is 1.73. The van der Waals surface area contributed by atoms with Gasteiger partial charge >= 0.3 is 0 Å². The topological polar surface area (TPSA) is 29.5 Å². The number of phenolic OH excluding ortho intramolecular Hbond substituents is 1. The summed E-state index contributed by atoms with van der Waals surface area (Å²) in [5.74, 6) is 2.08. The minimum atomic E-state index is 0.302. The van der Waals surface area contributed by atoms with Crippen molar-refractivity contribution in [2.45, 2.75) is 10.6 Å². The van der Waals surface area contributed by atoms with Crippen LogP contribution in [0.3, 0.4) is 0 Å². The summed E-state index contributed by atoms with van der Waals surface area (Å²) in [6.45, 7) is 0. The highest BCUT2D eigenvalue weighted by Gasteiger charge is 1.98. The Hall–Kier alpha value is -1.61. The number of hydrogen-bond acceptors (Lipinski definition) is 3. The number of phenols is 1. The lowest BCUT2D eigenvalue weighted by atomic mass is 10.2. The van der Waals surface area contributed by atoms with E-state index < -0.39 is 0 Å². The minimum absolute atomic E-state index is 0.302. The molecule has 2 aromatic rings. The van der Waals surface area contributed by atoms with Gasteiger partial charge in [0.05, 0.1) is 7.11 Å². The fraction of sp³-hybridized carbons (Fsp3) is 0.143. The molecule has 0 aliphatic carbocycles. The Kier molecular flexibility index (Phi) is 3.94. The molecule has 2 rings (SSSR count). The van der Waals surface area contributed by atoms with E-state index in [1.807, 2.05) is 30.3 Å². The van der Waals surface area contributed by atoms with Gasteiger partial charge in [-0.05, 0) is 42.0 Å². The molecule has 0 aromatic heterocycles. The lowest BCUT2D eigenvalue weighted by Gasteiger charge is -2.04. The average molecular weight is 246 g/mol. The first-order valence-corrected chi connectivity index (χ1v) is 6.31. The second-order valence-electron chi connectivity index (χ2n) is 3.63. The fourth-order valence-corrected chi connectivity index (χ4v) is 2.31. The van der Waals surface area contributed by atoms with Crippen LogP contribution in [0.4, 0.5) is 0 Å². The molecule has 0 amide bonds. The van der Waals surface area contributed by atoms with Gasteiger partial charge in [-0.25, -0.2) is 0 Å². The predicted octanol–water partition coefficient (Wildman–Crippen LogP) is 3.69. The molecule has 0 aliphatic rings. The van der Waals surface area contributed by atoms with Crippen LogP contribution < -0.4 is 4.74 Å². The largest absolute Gasteiger partial charge is 0.508 e. The Morgan fingerprint density at radius 2 is 1.88 bits per heavy atom. The van der Waals surface area contributed by atoms with Gasteiger partial charge in [0.1, 0.15) is 11.5 Å². The third-order valence-electron chi connectivity index (χ3n) is 2.38. The first-order chi connectivity index (χ1) is 8.28. The van der Waals surface area contributed by atoms with Gasteiger partial charge in [-0.1, -0.05) is 12.1 Å². The van der Waals surface area contributed by atoms with Crippen molar-refractivity contribution in [3.63, 3.8) is 0 Å². The smallest absolute Gasteiger partial charge is 0.119 e. The van der Waals surface area contributed by atoms with E-state index >= 15 is 0 Å². The van der Waals surface area contributed by atoms with Crippen LogP contribution in [0, 0.1) is 0 Å². The Bertz CT molecular complexity index is 480. The molecule has 3 heteroatoms. The van der Waals surface area contributed by atoms with Crippen LogP contribution in [-0.2, 0) is 5.75 Å². The van der Waals surface area contributed by atoms with Crippen LogP contribution in [0.15, 0.2) is 53.4 Å². The zero-order valence-electron chi connectivity index (χ0n) is 9.59. The minimum Gasteiger partial charge on any atom is -0.508 e. The van der Waals surface area contributed by atoms with E-state index in [1.165, 1.54) is 5.56 Å². The summed E-state index contributed by atoms with van der Waals surface area (Å²) < 4.78 is 5.18. The lowest BCUT2D eigenvalue weighted by Crippen LogP contribution is -1.85. The van der Waals surface area contributed by atoms with Gasteiger partial charge in [0.15, 0.2) is 0 Å². The average Bonchev–Trinajstić information content (AvgIpc) is 2.38. The quantitative estimate of drug-likeness (QED) is 0.834. The van der Waals surface area contributed by atoms with Gasteiger partial charge in [-0.15, -0.1) is 11.8 Å². The van der Waals surface area contributed by atoms with Gasteiger partial charge in [0.25, 0.3) is 0 Å². The zero-order chi connectivity index (χ0) is 12.1. The van der Waals surface area contributed by atoms with Crippen LogP contribution in [0.2, 0.25) is 0 Å². The van der Waals surface area contributed by atoms with E-state index in [0.717, 1.165) is 16.4 Å². The molecule has 0 aliphatic heterocycles. The maximum atomic E-state index is 9.18. The molecule has 88 valence electrons. The highest BCUT2D eigenvalue weighted by atomic mass is 32.2. The van der Waals surface area contributed by atoms with Gasteiger partial charge in [-0.3, -0.25) is 0 Å². The molecule has 0 bridgehead atoms. The fourth-order valence-electron chi connectivity index (χ4n) is 1.47. The van der Waals surface area contributed by atoms with Crippen LogP contribution >= 0.6 is 11.8 Å². The van der Waals surface area contributed by atoms with Crippen LogP contribution in [0.5, 0.6) is 11.5 Å². The molecule has 0 radical (unpaired) electrons. The summed E-state index contributed by atoms with van der Waals surface area (Å²) in [5.41, 5.74) is 1.22. The molecule has 0 heterocycles. The second kappa shape index (κ2) is 5.64. The van der Waals surface area contributed by atoms with Gasteiger partial charge < -0.3 is 9.84 Å². The Morgan fingerprint density at radius 3 is 2.59 bits per heavy atom. The summed E-state index contributed by atoms with van der Waals surface area (Å²) in [6.07, 6.45) is 0. The Labute approximate surface area is 105 Å². The highest BCUT2D eigenvalue weighted by Crippen LogP contribution is 2.25. The molecular formula is C14H14O2S. The monoisotopic (exact) mass is 246 g/mol. The summed E-state index contributed by atoms with van der Waals surface area (Å²) in [7, 11) is 1.67. The van der Waals surface area contributed by atoms with E-state index in [0.29, 0.717) is 5.75 Å². The predicted molar refractivity (Wildman–Crippen MR) is 70.7 cm³/mol. The van der Waals surface area contributed by atoms with E-state index in [2.05, 4.69) is 6.07 Å². The molecule has 17 heavy (non-hydrogen) atoms. The van der Waals surface area contributed by atoms with Gasteiger partial charge in [0, 0.05) is 10.6 Å². The van der Waals surface area contributed by atoms with E-state index in [-0.39, 0.29) is 0 Å². The molecular weight excluding hydrogens is 232 g/mol. The molecule has 2 aromatic carbocycles. The summed E-state index contributed by atoms with van der Waals surface area (Å²) in [4.78, 5) is 1.14. The number of ether oxygens (including phenoxy) is 1. The molecule has 0 atom stereocenters. The van der Waals surface area contributed by atoms with Crippen molar-refractivity contribution in [1.82, 2.24) is 0 Å². The van der Waals surface area contributed by atoms with E-state index in [9.17, 15) is 5.11 Å². The number of methoxy groups -OCH3 is 1. The molecule has 0 saturated carbocycles. The first kappa shape index (κ1) is 11.9. The maximum Gasteiger partial charge on any atom is 0.119 e. The molecule has 0 spiro atoms. The molecule has 0 fully saturated rings. The van der Waals surface area contributed by atoms with Crippen molar-refractivity contribution >= 4 is 11.8 Å². The molecule has 2 nitrogen and oxygen atoms in total. The highest BCUT2D eigenvalue weighted by molar-refractivity contribution is 7.98. The maximum absolute atomic E-state index is 9.18. The number of aromatic hydroxyl groups is 1. The van der Waals surface area contributed by atoms with Crippen molar-refractivity contribution in [2.24, 2.45) is 0 Å². The SMILES string of the molecule is COc1cccc(CSc2ccc(O)cc2)c1. The Balaban J connectivity index is 1.99. The van der Waals surface area contributed by atoms with Gasteiger partial charge in [-0.2, -0.15) is 0 Å². The second-order valence-corrected chi connectivity index (χ2v) is 4.68. The van der Waals surface area contributed by atoms with Crippen LogP contribution in [0.1, 0.15) is 5.56 Å². The van der Waals surface area contributed by atoms with Crippen LogP contribution in [0.25, 0.3) is 0 Å². The van der Waals surface area contributed by atoms with Crippen molar-refractivity contribution in [3.8, 4) is 11.5 Å². The van der Waals surface area contributed by atoms with Crippen molar-refractivity contribution in [3.05, 3.63) is 54.1 Å². The molecule has 0 unspecified atom stereocenters. The number of benzene rings is 2. The number of thioether (sulfide) groups is 1. The summed E-state index contributed by atoms with van der Waals surface area (Å²) in [5, 5.41) is 9.18. The third-order valence-corrected chi connectivity index (χ3v) is 3.46. The van der Waals surface area contributed by atoms with Crippen molar-refractivity contribution in [1.29, 1.82) is 0 Å². The zero-order valence-corrected chi connectivity index (χ0v) is 10.4.